The molecule has 6 heteroatoms. The van der Waals surface area contributed by atoms with Crippen molar-refractivity contribution < 1.29 is 0 Å². The molecule has 0 aliphatic carbocycles. The Morgan fingerprint density at radius 2 is 0.222 bits per heavy atom. The predicted octanol–water partition coefficient (Wildman–Crippen LogP) is 32.1. The molecule has 0 fully saturated rings. The molecule has 0 N–H and O–H groups in total. The van der Waals surface area contributed by atoms with Crippen molar-refractivity contribution in [2.75, 3.05) is 0 Å². The SMILES string of the molecule is c1ccc(-c2ccc(-c3ccc(-n4c5cccc6c7cccc8c7c7c(c65)c4ccc7n8-c4ccccc4)cc3)cc2)cc1.c1ccc(-c2ccc(-n3c4cccc5c6cccc7c6c6c(c54)c3ccc6n7-c3ccc(-c4ccccc4)cc3)cc2)cc1.c1ccc(-c2ccc(-n3c4cccc5c6cccc7c6c6c(c54)c3ccc6n7-c3ccccc3)cc2)cc1. The standard InChI is InChI=1S/2C42H26N2.C36H22N2/c1-3-9-27(10-4-1)29-17-21-31(22-18-29)43-35-15-7-13-33-34-14-8-16-36-40(34)42-38(26-25-37(43)41(42)39(33)35)44(36)32-23-19-30(20-24-32)28-11-5-2-6-12-28;1-3-9-27(10-4-1)28-17-19-29(20-18-28)30-21-23-32(24-22-30)44-36-16-8-14-34-33-13-7-15-35-39(33)41-37(25-26-38(44)42(41)40(34)36)43(35)31-11-5-2-6-12-31;1-3-9-23(10-4-1)24-17-19-26(20-18-24)38-30-16-8-14-28-27-13-7-15-29-33(27)35-31(21-22-32(38)36(35)34(28)30)37(29)25-11-5-2-6-12-25/h2*1-26H;1-22H. The first-order chi connectivity index (χ1) is 62.6. The summed E-state index contributed by atoms with van der Waals surface area (Å²) in [6.45, 7) is 0. The number of para-hydroxylation sites is 2. The van der Waals surface area contributed by atoms with Crippen LogP contribution in [0.15, 0.2) is 449 Å². The minimum Gasteiger partial charge on any atom is -0.309 e. The minimum atomic E-state index is 1.18. The fourth-order valence-electron chi connectivity index (χ4n) is 21.9. The second kappa shape index (κ2) is 27.4. The molecule has 0 aliphatic rings. The van der Waals surface area contributed by atoms with Crippen LogP contribution in [0.2, 0.25) is 0 Å². The molecule has 6 nitrogen and oxygen atoms in total. The van der Waals surface area contributed by atoms with Gasteiger partial charge in [0.15, 0.2) is 0 Å². The Kier molecular flexibility index (Phi) is 15.2. The average molecular weight is 1600 g/mol. The zero-order valence-electron chi connectivity index (χ0n) is 68.4. The molecule has 6 heterocycles. The van der Waals surface area contributed by atoms with Crippen molar-refractivity contribution in [3.8, 4) is 89.8 Å². The van der Waals surface area contributed by atoms with Gasteiger partial charge in [-0.2, -0.15) is 0 Å². The van der Waals surface area contributed by atoms with Crippen molar-refractivity contribution in [3.05, 3.63) is 449 Å². The van der Waals surface area contributed by atoms with E-state index in [4.69, 9.17) is 0 Å². The number of hydrogen-bond acceptors (Lipinski definition) is 0. The first-order valence-corrected chi connectivity index (χ1v) is 43.5. The molecule has 0 spiro atoms. The number of rotatable bonds is 11. The third-order valence-electron chi connectivity index (χ3n) is 27.2. The van der Waals surface area contributed by atoms with E-state index in [-0.39, 0.29) is 0 Å². The summed E-state index contributed by atoms with van der Waals surface area (Å²) in [5, 5.41) is 24.1. The second-order valence-electron chi connectivity index (χ2n) is 33.7. The van der Waals surface area contributed by atoms with Crippen LogP contribution in [0, 0.1) is 0 Å². The molecule has 0 amide bonds. The van der Waals surface area contributed by atoms with Crippen LogP contribution in [0.1, 0.15) is 0 Å². The van der Waals surface area contributed by atoms with Crippen LogP contribution in [0.3, 0.4) is 0 Å². The first kappa shape index (κ1) is 69.9. The quantitative estimate of drug-likeness (QED) is 0.116. The lowest BCUT2D eigenvalue weighted by Crippen LogP contribution is -1.95. The van der Waals surface area contributed by atoms with E-state index in [1.807, 2.05) is 0 Å². The topological polar surface area (TPSA) is 29.6 Å². The van der Waals surface area contributed by atoms with E-state index < -0.39 is 0 Å². The van der Waals surface area contributed by atoms with Crippen LogP contribution in [0.5, 0.6) is 0 Å². The van der Waals surface area contributed by atoms with Crippen LogP contribution < -0.4 is 0 Å². The van der Waals surface area contributed by atoms with E-state index in [0.29, 0.717) is 0 Å². The summed E-state index contributed by atoms with van der Waals surface area (Å²) in [5.74, 6) is 0. The highest BCUT2D eigenvalue weighted by molar-refractivity contribution is 6.44. The van der Waals surface area contributed by atoms with E-state index >= 15 is 0 Å². The summed E-state index contributed by atoms with van der Waals surface area (Å²) >= 11 is 0. The molecule has 0 atom stereocenters. The maximum Gasteiger partial charge on any atom is 0.0549 e. The lowest BCUT2D eigenvalue weighted by molar-refractivity contribution is 1.17. The fourth-order valence-corrected chi connectivity index (χ4v) is 21.9. The summed E-state index contributed by atoms with van der Waals surface area (Å²) in [7, 11) is 0. The van der Waals surface area contributed by atoms with E-state index in [9.17, 15) is 0 Å². The van der Waals surface area contributed by atoms with Crippen molar-refractivity contribution in [2.24, 2.45) is 0 Å². The van der Waals surface area contributed by atoms with Gasteiger partial charge in [-0.1, -0.05) is 303 Å². The Morgan fingerprint density at radius 3 is 0.397 bits per heavy atom. The zero-order valence-corrected chi connectivity index (χ0v) is 68.4. The third-order valence-corrected chi connectivity index (χ3v) is 27.2. The smallest absolute Gasteiger partial charge is 0.0549 e. The average Bonchev–Trinajstić information content (AvgIpc) is 1.53. The number of benzene rings is 23. The molecule has 6 aromatic heterocycles. The molecule has 0 saturated heterocycles. The monoisotopic (exact) mass is 1600 g/mol. The van der Waals surface area contributed by atoms with E-state index in [1.165, 1.54) is 253 Å². The molecule has 29 rings (SSSR count). The normalized spacial score (nSPS) is 12.1. The Bertz CT molecular complexity index is 8970. The van der Waals surface area contributed by atoms with Gasteiger partial charge in [-0.15, -0.1) is 0 Å². The summed E-state index contributed by atoms with van der Waals surface area (Å²) in [5.41, 5.74) is 34.5. The van der Waals surface area contributed by atoms with Gasteiger partial charge >= 0.3 is 0 Å². The molecule has 29 aromatic rings. The van der Waals surface area contributed by atoms with Gasteiger partial charge in [0, 0.05) is 98.8 Å². The van der Waals surface area contributed by atoms with Crippen molar-refractivity contribution in [1.29, 1.82) is 0 Å². The molecular formula is C120H74N6. The Balaban J connectivity index is 0.0000000986. The van der Waals surface area contributed by atoms with E-state index in [0.717, 1.165) is 0 Å². The summed E-state index contributed by atoms with van der Waals surface area (Å²) < 4.78 is 14.7. The highest BCUT2D eigenvalue weighted by atomic mass is 15.0. The van der Waals surface area contributed by atoms with Crippen LogP contribution in [0.4, 0.5) is 0 Å². The molecule has 126 heavy (non-hydrogen) atoms. The van der Waals surface area contributed by atoms with Gasteiger partial charge in [-0.05, 0) is 234 Å². The number of nitrogens with zero attached hydrogens (tertiary/aromatic N) is 6. The molecule has 0 saturated carbocycles. The Morgan fingerprint density at radius 1 is 0.0873 bits per heavy atom. The van der Waals surface area contributed by atoms with Gasteiger partial charge in [-0.3, -0.25) is 0 Å². The van der Waals surface area contributed by atoms with Gasteiger partial charge < -0.3 is 27.4 Å². The largest absolute Gasteiger partial charge is 0.309 e. The van der Waals surface area contributed by atoms with Gasteiger partial charge in [0.1, 0.15) is 0 Å². The fraction of sp³-hybridized carbons (Fsp3) is 0. The van der Waals surface area contributed by atoms with Crippen LogP contribution in [-0.2, 0) is 0 Å². The lowest BCUT2D eigenvalue weighted by Gasteiger charge is -2.11. The lowest BCUT2D eigenvalue weighted by atomic mass is 9.95. The number of fused-ring (bicyclic) bond motifs is 3. The predicted molar refractivity (Wildman–Crippen MR) is 532 cm³/mol. The third kappa shape index (κ3) is 10.2. The van der Waals surface area contributed by atoms with Crippen LogP contribution >= 0.6 is 0 Å². The van der Waals surface area contributed by atoms with Crippen molar-refractivity contribution in [2.45, 2.75) is 0 Å². The number of hydrogen-bond donors (Lipinski definition) is 0. The zero-order chi connectivity index (χ0) is 82.3. The van der Waals surface area contributed by atoms with Crippen molar-refractivity contribution >= 4 is 163 Å². The molecule has 23 aromatic carbocycles. The number of aromatic nitrogens is 6. The van der Waals surface area contributed by atoms with Gasteiger partial charge in [0.25, 0.3) is 0 Å². The molecule has 0 bridgehead atoms. The Hall–Kier alpha value is -16.8. The second-order valence-corrected chi connectivity index (χ2v) is 33.7. The molecule has 584 valence electrons. The highest BCUT2D eigenvalue weighted by Gasteiger charge is 2.30. The summed E-state index contributed by atoms with van der Waals surface area (Å²) in [6.07, 6.45) is 0. The summed E-state index contributed by atoms with van der Waals surface area (Å²) in [4.78, 5) is 0. The molecule has 0 radical (unpaired) electrons. The van der Waals surface area contributed by atoms with Crippen molar-refractivity contribution in [3.63, 3.8) is 0 Å². The van der Waals surface area contributed by atoms with Crippen LogP contribution in [-0.4, -0.2) is 27.4 Å². The van der Waals surface area contributed by atoms with E-state index in [2.05, 4.69) is 476 Å². The van der Waals surface area contributed by atoms with Gasteiger partial charge in [-0.25, -0.2) is 0 Å². The Labute approximate surface area is 724 Å². The van der Waals surface area contributed by atoms with Crippen LogP contribution in [0.25, 0.3) is 253 Å². The van der Waals surface area contributed by atoms with Gasteiger partial charge in [0.2, 0.25) is 0 Å². The molecular weight excluding hydrogens is 1530 g/mol. The summed E-state index contributed by atoms with van der Waals surface area (Å²) in [6, 6.07) is 163. The van der Waals surface area contributed by atoms with Crippen molar-refractivity contribution in [1.82, 2.24) is 27.4 Å². The molecule has 0 unspecified atom stereocenters. The maximum atomic E-state index is 2.45. The molecule has 0 aliphatic heterocycles. The minimum absolute atomic E-state index is 1.18. The maximum absolute atomic E-state index is 2.45. The highest BCUT2D eigenvalue weighted by Crippen LogP contribution is 2.54. The van der Waals surface area contributed by atoms with E-state index in [1.54, 1.807) is 0 Å². The van der Waals surface area contributed by atoms with Gasteiger partial charge in [0.05, 0.1) is 66.2 Å². The first-order valence-electron chi connectivity index (χ1n) is 43.5.